The molecule has 1 unspecified atom stereocenters. The van der Waals surface area contributed by atoms with Gasteiger partial charge in [-0.15, -0.1) is 23.1 Å². The van der Waals surface area contributed by atoms with Gasteiger partial charge in [-0.1, -0.05) is 22.9 Å². The number of ether oxygens (including phenoxy) is 1. The molecule has 1 saturated heterocycles. The molecule has 34 heavy (non-hydrogen) atoms. The minimum Gasteiger partial charge on any atom is -0.468 e. The average molecular weight is 560 g/mol. The number of carbonyl (C=O) groups excluding carboxylic acids is 2. The fourth-order valence-electron chi connectivity index (χ4n) is 3.72. The SMILES string of the molecule is COC(=O)Cn1c(=NC(=O)C2CCCN(S(=O)(=O)c3ccc(Cl)s3)C2)sc2cc(SC)ccc21. The zero-order chi connectivity index (χ0) is 24.5. The molecule has 8 nitrogen and oxygen atoms in total. The first-order valence-electron chi connectivity index (χ1n) is 10.3. The van der Waals surface area contributed by atoms with Crippen molar-refractivity contribution < 1.29 is 22.7 Å². The van der Waals surface area contributed by atoms with E-state index in [9.17, 15) is 18.0 Å². The van der Waals surface area contributed by atoms with Crippen LogP contribution in [0.5, 0.6) is 0 Å². The fourth-order valence-corrected chi connectivity index (χ4v) is 8.47. The van der Waals surface area contributed by atoms with Gasteiger partial charge in [0.15, 0.2) is 4.80 Å². The van der Waals surface area contributed by atoms with Crippen LogP contribution in [-0.2, 0) is 30.9 Å². The van der Waals surface area contributed by atoms with Crippen molar-refractivity contribution in [2.24, 2.45) is 10.9 Å². The number of hydrogen-bond acceptors (Lipinski definition) is 8. The third kappa shape index (κ3) is 5.26. The summed E-state index contributed by atoms with van der Waals surface area (Å²) in [5.41, 5.74) is 0.780. The van der Waals surface area contributed by atoms with E-state index in [-0.39, 0.29) is 17.3 Å². The second-order valence-electron chi connectivity index (χ2n) is 7.59. The molecule has 1 amide bonds. The summed E-state index contributed by atoms with van der Waals surface area (Å²) in [7, 11) is -2.42. The minimum absolute atomic E-state index is 0.0543. The number of rotatable bonds is 6. The van der Waals surface area contributed by atoms with Crippen molar-refractivity contribution >= 4 is 78.2 Å². The third-order valence-electron chi connectivity index (χ3n) is 5.49. The Morgan fingerprint density at radius 3 is 2.74 bits per heavy atom. The van der Waals surface area contributed by atoms with Crippen molar-refractivity contribution in [1.82, 2.24) is 8.87 Å². The lowest BCUT2D eigenvalue weighted by atomic mass is 9.99. The summed E-state index contributed by atoms with van der Waals surface area (Å²) in [6, 6.07) is 8.85. The first kappa shape index (κ1) is 25.4. The smallest absolute Gasteiger partial charge is 0.325 e. The second kappa shape index (κ2) is 10.5. The Morgan fingerprint density at radius 1 is 1.26 bits per heavy atom. The molecule has 182 valence electrons. The van der Waals surface area contributed by atoms with Gasteiger partial charge in [0.25, 0.3) is 15.9 Å². The molecule has 0 bridgehead atoms. The van der Waals surface area contributed by atoms with Crippen molar-refractivity contribution in [3.8, 4) is 0 Å². The third-order valence-corrected chi connectivity index (χ3v) is 10.8. The zero-order valence-electron chi connectivity index (χ0n) is 18.4. The lowest BCUT2D eigenvalue weighted by molar-refractivity contribution is -0.141. The number of esters is 1. The Bertz CT molecular complexity index is 1410. The van der Waals surface area contributed by atoms with Gasteiger partial charge in [-0.05, 0) is 49.4 Å². The van der Waals surface area contributed by atoms with Crippen molar-refractivity contribution in [2.75, 3.05) is 26.5 Å². The summed E-state index contributed by atoms with van der Waals surface area (Å²) in [6.45, 7) is 0.314. The van der Waals surface area contributed by atoms with Crippen LogP contribution in [0.15, 0.2) is 44.4 Å². The summed E-state index contributed by atoms with van der Waals surface area (Å²) in [5.74, 6) is -1.43. The molecule has 2 aromatic heterocycles. The number of carbonyl (C=O) groups is 2. The molecule has 4 rings (SSSR count). The molecule has 0 saturated carbocycles. The van der Waals surface area contributed by atoms with E-state index >= 15 is 0 Å². The van der Waals surface area contributed by atoms with E-state index < -0.39 is 27.8 Å². The molecule has 1 aliphatic heterocycles. The summed E-state index contributed by atoms with van der Waals surface area (Å²) in [6.07, 6.45) is 3.06. The number of fused-ring (bicyclic) bond motifs is 1. The van der Waals surface area contributed by atoms with Crippen LogP contribution in [0.1, 0.15) is 12.8 Å². The highest BCUT2D eigenvalue weighted by Crippen LogP contribution is 2.31. The zero-order valence-corrected chi connectivity index (χ0v) is 22.4. The Balaban J connectivity index is 1.65. The van der Waals surface area contributed by atoms with Crippen LogP contribution in [-0.4, -0.2) is 55.6 Å². The van der Waals surface area contributed by atoms with Gasteiger partial charge in [0.05, 0.1) is 27.6 Å². The van der Waals surface area contributed by atoms with Gasteiger partial charge < -0.3 is 9.30 Å². The number of thiophene rings is 1. The number of methoxy groups -OCH3 is 1. The molecule has 13 heteroatoms. The molecule has 1 aliphatic rings. The van der Waals surface area contributed by atoms with E-state index in [2.05, 4.69) is 4.99 Å². The van der Waals surface area contributed by atoms with Crippen LogP contribution in [0.25, 0.3) is 10.2 Å². The van der Waals surface area contributed by atoms with Crippen LogP contribution in [0.3, 0.4) is 0 Å². The number of halogens is 1. The van der Waals surface area contributed by atoms with Crippen LogP contribution < -0.4 is 4.80 Å². The van der Waals surface area contributed by atoms with Crippen LogP contribution in [0.4, 0.5) is 0 Å². The number of hydrogen-bond donors (Lipinski definition) is 0. The molecule has 3 aromatic rings. The number of thioether (sulfide) groups is 1. The van der Waals surface area contributed by atoms with Gasteiger partial charge in [-0.2, -0.15) is 9.30 Å². The van der Waals surface area contributed by atoms with E-state index in [0.29, 0.717) is 28.5 Å². The van der Waals surface area contributed by atoms with E-state index in [1.165, 1.54) is 28.8 Å². The quantitative estimate of drug-likeness (QED) is 0.336. The highest BCUT2D eigenvalue weighted by atomic mass is 35.5. The van der Waals surface area contributed by atoms with Crippen molar-refractivity contribution in [3.05, 3.63) is 39.5 Å². The van der Waals surface area contributed by atoms with E-state index in [1.807, 2.05) is 24.5 Å². The molecule has 1 fully saturated rings. The minimum atomic E-state index is -3.73. The van der Waals surface area contributed by atoms with Gasteiger partial charge in [0, 0.05) is 18.0 Å². The maximum absolute atomic E-state index is 13.2. The first-order valence-corrected chi connectivity index (χ1v) is 15.0. The lowest BCUT2D eigenvalue weighted by Crippen LogP contribution is -2.42. The first-order chi connectivity index (χ1) is 16.2. The largest absolute Gasteiger partial charge is 0.468 e. The number of nitrogens with zero attached hydrogens (tertiary/aromatic N) is 3. The molecule has 0 N–H and O–H groups in total. The molecular formula is C21H22ClN3O5S4. The maximum atomic E-state index is 13.2. The van der Waals surface area contributed by atoms with Crippen LogP contribution in [0, 0.1) is 5.92 Å². The number of thiazole rings is 1. The summed E-state index contributed by atoms with van der Waals surface area (Å²) in [4.78, 5) is 31.0. The van der Waals surface area contributed by atoms with Crippen molar-refractivity contribution in [1.29, 1.82) is 0 Å². The van der Waals surface area contributed by atoms with E-state index in [1.54, 1.807) is 22.4 Å². The topological polar surface area (TPSA) is 98.0 Å². The molecule has 1 aromatic carbocycles. The summed E-state index contributed by atoms with van der Waals surface area (Å²) >= 11 is 9.82. The van der Waals surface area contributed by atoms with Crippen LogP contribution >= 0.6 is 46.0 Å². The monoisotopic (exact) mass is 559 g/mol. The molecule has 0 radical (unpaired) electrons. The van der Waals surface area contributed by atoms with Gasteiger partial charge in [0.1, 0.15) is 10.8 Å². The lowest BCUT2D eigenvalue weighted by Gasteiger charge is -2.29. The average Bonchev–Trinajstić information content (AvgIpc) is 3.42. The molecule has 1 atom stereocenters. The van der Waals surface area contributed by atoms with Gasteiger partial charge in [0.2, 0.25) is 0 Å². The van der Waals surface area contributed by atoms with Gasteiger partial charge in [-0.25, -0.2) is 8.42 Å². The van der Waals surface area contributed by atoms with Gasteiger partial charge in [-0.3, -0.25) is 9.59 Å². The Labute approximate surface area is 214 Å². The molecule has 3 heterocycles. The molecule has 0 spiro atoms. The van der Waals surface area contributed by atoms with Crippen LogP contribution in [0.2, 0.25) is 4.34 Å². The number of amides is 1. The molecular weight excluding hydrogens is 538 g/mol. The van der Waals surface area contributed by atoms with Crippen molar-refractivity contribution in [2.45, 2.75) is 28.5 Å². The van der Waals surface area contributed by atoms with Crippen molar-refractivity contribution in [3.63, 3.8) is 0 Å². The number of aromatic nitrogens is 1. The highest BCUT2D eigenvalue weighted by Gasteiger charge is 2.34. The predicted octanol–water partition coefficient (Wildman–Crippen LogP) is 3.84. The summed E-state index contributed by atoms with van der Waals surface area (Å²) < 4.78 is 35.2. The fraction of sp³-hybridized carbons (Fsp3) is 0.381. The number of benzene rings is 1. The standard InChI is InChI=1S/C21H22ClN3O5S4/c1-30-18(26)12-25-15-6-5-14(31-2)10-16(15)32-21(25)23-20(27)13-4-3-9-24(11-13)34(28,29)19-8-7-17(22)33-19/h5-8,10,13H,3-4,9,11-12H2,1-2H3. The normalized spacial score (nSPS) is 17.9. The summed E-state index contributed by atoms with van der Waals surface area (Å²) in [5, 5.41) is 0. The highest BCUT2D eigenvalue weighted by molar-refractivity contribution is 7.98. The number of sulfonamides is 1. The maximum Gasteiger partial charge on any atom is 0.325 e. The molecule has 0 aliphatic carbocycles. The predicted molar refractivity (Wildman–Crippen MR) is 135 cm³/mol. The Hall–Kier alpha value is -1.70. The van der Waals surface area contributed by atoms with Gasteiger partial charge >= 0.3 is 5.97 Å². The van der Waals surface area contributed by atoms with E-state index in [4.69, 9.17) is 16.3 Å². The van der Waals surface area contributed by atoms with E-state index in [0.717, 1.165) is 26.4 Å². The number of piperidine rings is 1. The Morgan fingerprint density at radius 2 is 2.06 bits per heavy atom. The Kier molecular flexibility index (Phi) is 7.85. The second-order valence-corrected chi connectivity index (χ2v) is 13.4.